The smallest absolute Gasteiger partial charge is 0.267 e. The minimum Gasteiger partial charge on any atom is -0.489 e. The van der Waals surface area contributed by atoms with Gasteiger partial charge in [0, 0.05) is 10.5 Å². The fraction of sp³-hybridized carbons (Fsp3) is 0.125. The van der Waals surface area contributed by atoms with Crippen LogP contribution >= 0.6 is 15.9 Å². The summed E-state index contributed by atoms with van der Waals surface area (Å²) in [6, 6.07) is 23.5. The van der Waals surface area contributed by atoms with Crippen molar-refractivity contribution in [1.29, 1.82) is 0 Å². The van der Waals surface area contributed by atoms with Crippen molar-refractivity contribution in [1.82, 2.24) is 5.48 Å². The van der Waals surface area contributed by atoms with Crippen LogP contribution in [0.25, 0.3) is 6.08 Å². The zero-order valence-corrected chi connectivity index (χ0v) is 17.7. The summed E-state index contributed by atoms with van der Waals surface area (Å²) in [5, 5.41) is 0. The minimum absolute atomic E-state index is 0.274. The van der Waals surface area contributed by atoms with Gasteiger partial charge < -0.3 is 4.74 Å². The molecule has 0 heterocycles. The Morgan fingerprint density at radius 2 is 1.52 bits per heavy atom. The van der Waals surface area contributed by atoms with Gasteiger partial charge in [-0.2, -0.15) is 0 Å². The van der Waals surface area contributed by atoms with Crippen molar-refractivity contribution < 1.29 is 14.4 Å². The number of hydroxylamine groups is 1. The van der Waals surface area contributed by atoms with Crippen LogP contribution in [0, 0.1) is 6.92 Å². The SMILES string of the molecule is Cc1ccc(COc2ccc(CONC(=O)/C=C/c3ccc(Br)cc3)cc2)cc1. The third kappa shape index (κ3) is 7.22. The van der Waals surface area contributed by atoms with E-state index in [2.05, 4.69) is 52.6 Å². The molecule has 1 N–H and O–H groups in total. The van der Waals surface area contributed by atoms with Crippen LogP contribution in [0.5, 0.6) is 5.75 Å². The maximum Gasteiger partial charge on any atom is 0.267 e. The van der Waals surface area contributed by atoms with Crippen LogP contribution in [0.3, 0.4) is 0 Å². The second-order valence-corrected chi connectivity index (χ2v) is 7.47. The van der Waals surface area contributed by atoms with Crippen LogP contribution in [0.2, 0.25) is 0 Å². The Morgan fingerprint density at radius 1 is 0.897 bits per heavy atom. The van der Waals surface area contributed by atoms with Crippen LogP contribution < -0.4 is 10.2 Å². The lowest BCUT2D eigenvalue weighted by molar-refractivity contribution is -0.129. The summed E-state index contributed by atoms with van der Waals surface area (Å²) in [5.41, 5.74) is 6.64. The molecular formula is C24H22BrNO3. The van der Waals surface area contributed by atoms with E-state index in [4.69, 9.17) is 9.57 Å². The molecule has 0 aromatic heterocycles. The Bertz CT molecular complexity index is 949. The minimum atomic E-state index is -0.314. The van der Waals surface area contributed by atoms with Gasteiger partial charge in [0.25, 0.3) is 5.91 Å². The number of hydrogen-bond donors (Lipinski definition) is 1. The summed E-state index contributed by atoms with van der Waals surface area (Å²) >= 11 is 3.38. The van der Waals surface area contributed by atoms with Gasteiger partial charge in [0.15, 0.2) is 0 Å². The monoisotopic (exact) mass is 451 g/mol. The molecule has 0 saturated heterocycles. The molecule has 0 atom stereocenters. The third-order valence-electron chi connectivity index (χ3n) is 4.16. The van der Waals surface area contributed by atoms with Gasteiger partial charge in [-0.05, 0) is 54.0 Å². The van der Waals surface area contributed by atoms with E-state index in [1.54, 1.807) is 6.08 Å². The quantitative estimate of drug-likeness (QED) is 0.358. The summed E-state index contributed by atoms with van der Waals surface area (Å²) in [6.07, 6.45) is 3.16. The second kappa shape index (κ2) is 10.6. The molecule has 5 heteroatoms. The zero-order valence-electron chi connectivity index (χ0n) is 16.1. The Kier molecular flexibility index (Phi) is 7.61. The highest BCUT2D eigenvalue weighted by Crippen LogP contribution is 2.15. The lowest BCUT2D eigenvalue weighted by Gasteiger charge is -2.08. The molecule has 3 aromatic carbocycles. The number of ether oxygens (including phenoxy) is 1. The van der Waals surface area contributed by atoms with Gasteiger partial charge in [0.2, 0.25) is 0 Å². The summed E-state index contributed by atoms with van der Waals surface area (Å²) in [4.78, 5) is 17.1. The van der Waals surface area contributed by atoms with Gasteiger partial charge in [-0.25, -0.2) is 5.48 Å². The van der Waals surface area contributed by atoms with Crippen molar-refractivity contribution in [3.8, 4) is 5.75 Å². The maximum absolute atomic E-state index is 11.8. The number of carbonyl (C=O) groups excluding carboxylic acids is 1. The molecule has 148 valence electrons. The fourth-order valence-electron chi connectivity index (χ4n) is 2.50. The summed E-state index contributed by atoms with van der Waals surface area (Å²) < 4.78 is 6.78. The summed E-state index contributed by atoms with van der Waals surface area (Å²) in [7, 11) is 0. The van der Waals surface area contributed by atoms with Gasteiger partial charge in [-0.3, -0.25) is 9.63 Å². The largest absolute Gasteiger partial charge is 0.489 e. The number of carbonyl (C=O) groups is 1. The number of nitrogens with one attached hydrogen (secondary N) is 1. The Morgan fingerprint density at radius 3 is 2.21 bits per heavy atom. The Hall–Kier alpha value is -2.89. The molecule has 0 aliphatic heterocycles. The van der Waals surface area contributed by atoms with Crippen LogP contribution in [0.1, 0.15) is 22.3 Å². The Balaban J connectivity index is 1.39. The maximum atomic E-state index is 11.8. The van der Waals surface area contributed by atoms with E-state index in [1.807, 2.05) is 48.5 Å². The van der Waals surface area contributed by atoms with E-state index >= 15 is 0 Å². The fourth-order valence-corrected chi connectivity index (χ4v) is 2.77. The van der Waals surface area contributed by atoms with Gasteiger partial charge >= 0.3 is 0 Å². The van der Waals surface area contributed by atoms with Gasteiger partial charge in [0.05, 0.1) is 6.61 Å². The van der Waals surface area contributed by atoms with E-state index in [9.17, 15) is 4.79 Å². The highest BCUT2D eigenvalue weighted by atomic mass is 79.9. The van der Waals surface area contributed by atoms with Gasteiger partial charge in [-0.1, -0.05) is 70.0 Å². The number of benzene rings is 3. The Labute approximate surface area is 179 Å². The second-order valence-electron chi connectivity index (χ2n) is 6.56. The first-order chi connectivity index (χ1) is 14.1. The molecule has 0 fully saturated rings. The first-order valence-electron chi connectivity index (χ1n) is 9.21. The van der Waals surface area contributed by atoms with E-state index < -0.39 is 0 Å². The van der Waals surface area contributed by atoms with Gasteiger partial charge in [0.1, 0.15) is 12.4 Å². The van der Waals surface area contributed by atoms with E-state index in [1.165, 1.54) is 11.6 Å². The lowest BCUT2D eigenvalue weighted by atomic mass is 10.2. The number of amides is 1. The highest BCUT2D eigenvalue weighted by molar-refractivity contribution is 9.10. The number of rotatable bonds is 8. The van der Waals surface area contributed by atoms with Gasteiger partial charge in [-0.15, -0.1) is 0 Å². The molecule has 0 aliphatic rings. The molecule has 0 bridgehead atoms. The topological polar surface area (TPSA) is 47.6 Å². The average Bonchev–Trinajstić information content (AvgIpc) is 2.74. The number of hydrogen-bond acceptors (Lipinski definition) is 3. The first-order valence-corrected chi connectivity index (χ1v) is 10.0. The van der Waals surface area contributed by atoms with Crippen LogP contribution in [-0.4, -0.2) is 5.91 Å². The molecule has 3 aromatic rings. The third-order valence-corrected chi connectivity index (χ3v) is 4.69. The van der Waals surface area contributed by atoms with E-state index in [0.29, 0.717) is 6.61 Å². The molecule has 4 nitrogen and oxygen atoms in total. The summed E-state index contributed by atoms with van der Waals surface area (Å²) in [6.45, 7) is 2.86. The molecule has 1 amide bonds. The molecule has 0 unspecified atom stereocenters. The summed E-state index contributed by atoms with van der Waals surface area (Å²) in [5.74, 6) is 0.474. The number of aryl methyl sites for hydroxylation is 1. The predicted octanol–water partition coefficient (Wildman–Crippen LogP) is 5.60. The zero-order chi connectivity index (χ0) is 20.5. The average molecular weight is 452 g/mol. The van der Waals surface area contributed by atoms with Crippen molar-refractivity contribution in [3.63, 3.8) is 0 Å². The van der Waals surface area contributed by atoms with Crippen molar-refractivity contribution in [2.24, 2.45) is 0 Å². The molecule has 3 rings (SSSR count). The normalized spacial score (nSPS) is 10.8. The molecule has 0 saturated carbocycles. The highest BCUT2D eigenvalue weighted by Gasteiger charge is 2.00. The lowest BCUT2D eigenvalue weighted by Crippen LogP contribution is -2.21. The van der Waals surface area contributed by atoms with E-state index in [-0.39, 0.29) is 12.5 Å². The van der Waals surface area contributed by atoms with Crippen molar-refractivity contribution in [3.05, 3.63) is 106 Å². The molecule has 0 spiro atoms. The van der Waals surface area contributed by atoms with E-state index in [0.717, 1.165) is 26.9 Å². The van der Waals surface area contributed by atoms with Crippen LogP contribution in [0.15, 0.2) is 83.3 Å². The molecular weight excluding hydrogens is 430 g/mol. The standard InChI is InChI=1S/C24H22BrNO3/c1-18-2-4-20(5-3-18)16-28-23-13-8-21(9-14-23)17-29-26-24(27)15-10-19-6-11-22(25)12-7-19/h2-15H,16-17H2,1H3,(H,26,27)/b15-10+. The predicted molar refractivity (Wildman–Crippen MR) is 118 cm³/mol. The van der Waals surface area contributed by atoms with Crippen LogP contribution in [0.4, 0.5) is 0 Å². The van der Waals surface area contributed by atoms with Crippen LogP contribution in [-0.2, 0) is 22.8 Å². The molecule has 0 radical (unpaired) electrons. The molecule has 29 heavy (non-hydrogen) atoms. The number of halogens is 1. The van der Waals surface area contributed by atoms with Crippen molar-refractivity contribution in [2.45, 2.75) is 20.1 Å². The first kappa shape index (κ1) is 20.8. The molecule has 0 aliphatic carbocycles. The van der Waals surface area contributed by atoms with Crippen molar-refractivity contribution in [2.75, 3.05) is 0 Å². The van der Waals surface area contributed by atoms with Crippen molar-refractivity contribution >= 4 is 27.9 Å².